The number of aliphatic hydroxyl groups excluding tert-OH is 1. The van der Waals surface area contributed by atoms with E-state index in [0.29, 0.717) is 18.2 Å². The third-order valence-electron chi connectivity index (χ3n) is 3.83. The van der Waals surface area contributed by atoms with E-state index in [2.05, 4.69) is 10.4 Å². The van der Waals surface area contributed by atoms with Gasteiger partial charge in [0.05, 0.1) is 18.0 Å². The van der Waals surface area contributed by atoms with Gasteiger partial charge in [-0.1, -0.05) is 0 Å². The Bertz CT molecular complexity index is 436. The maximum Gasteiger partial charge on any atom is 0.339 e. The second-order valence-electron chi connectivity index (χ2n) is 5.24. The third kappa shape index (κ3) is 3.54. The Kier molecular flexibility index (Phi) is 4.55. The minimum absolute atomic E-state index is 0.132. The van der Waals surface area contributed by atoms with E-state index < -0.39 is 5.97 Å². The van der Waals surface area contributed by atoms with Gasteiger partial charge in [-0.2, -0.15) is 5.10 Å². The molecule has 0 aromatic carbocycles. The van der Waals surface area contributed by atoms with Gasteiger partial charge < -0.3 is 15.5 Å². The lowest BCUT2D eigenvalue weighted by Gasteiger charge is -2.25. The lowest BCUT2D eigenvalue weighted by molar-refractivity contribution is 0.0695. The van der Waals surface area contributed by atoms with Crippen molar-refractivity contribution in [3.8, 4) is 0 Å². The maximum absolute atomic E-state index is 11.0. The van der Waals surface area contributed by atoms with Gasteiger partial charge in [0, 0.05) is 13.6 Å². The normalized spacial score (nSPS) is 23.5. The van der Waals surface area contributed by atoms with Crippen LogP contribution in [0.2, 0.25) is 0 Å². The van der Waals surface area contributed by atoms with Crippen LogP contribution in [0, 0.1) is 5.92 Å². The Hall–Kier alpha value is -1.40. The van der Waals surface area contributed by atoms with E-state index in [1.165, 1.54) is 6.20 Å². The average Bonchev–Trinajstić information content (AvgIpc) is 2.74. The van der Waals surface area contributed by atoms with Crippen LogP contribution >= 0.6 is 0 Å². The molecule has 1 aromatic heterocycles. The molecule has 0 amide bonds. The van der Waals surface area contributed by atoms with E-state index in [1.54, 1.807) is 11.7 Å². The van der Waals surface area contributed by atoms with Gasteiger partial charge in [0.25, 0.3) is 0 Å². The van der Waals surface area contributed by atoms with E-state index in [1.807, 2.05) is 0 Å². The molecular formula is C13H21N3O3. The van der Waals surface area contributed by atoms with Gasteiger partial charge in [0.15, 0.2) is 0 Å². The number of rotatable bonds is 5. The summed E-state index contributed by atoms with van der Waals surface area (Å²) in [5, 5.41) is 25.8. The summed E-state index contributed by atoms with van der Waals surface area (Å²) < 4.78 is 1.60. The second kappa shape index (κ2) is 6.16. The van der Waals surface area contributed by atoms with Gasteiger partial charge in [-0.3, -0.25) is 4.68 Å². The summed E-state index contributed by atoms with van der Waals surface area (Å²) in [7, 11) is 1.75. The molecule has 0 unspecified atom stereocenters. The minimum Gasteiger partial charge on any atom is -0.478 e. The molecular weight excluding hydrogens is 246 g/mol. The zero-order valence-corrected chi connectivity index (χ0v) is 11.2. The van der Waals surface area contributed by atoms with Crippen molar-refractivity contribution in [2.45, 2.75) is 38.3 Å². The van der Waals surface area contributed by atoms with Crippen LogP contribution in [0.4, 0.5) is 0 Å². The topological polar surface area (TPSA) is 87.4 Å². The van der Waals surface area contributed by atoms with E-state index in [9.17, 15) is 9.90 Å². The van der Waals surface area contributed by atoms with Crippen molar-refractivity contribution in [2.24, 2.45) is 13.0 Å². The van der Waals surface area contributed by atoms with Gasteiger partial charge in [-0.25, -0.2) is 4.79 Å². The molecule has 1 saturated carbocycles. The van der Waals surface area contributed by atoms with Crippen LogP contribution in [-0.2, 0) is 13.6 Å². The largest absolute Gasteiger partial charge is 0.478 e. The summed E-state index contributed by atoms with van der Waals surface area (Å²) in [6, 6.07) is 0. The molecule has 1 heterocycles. The molecule has 6 heteroatoms. The fourth-order valence-corrected chi connectivity index (χ4v) is 2.59. The first-order valence-electron chi connectivity index (χ1n) is 6.71. The van der Waals surface area contributed by atoms with Crippen molar-refractivity contribution in [3.63, 3.8) is 0 Å². The van der Waals surface area contributed by atoms with Crippen LogP contribution in [0.1, 0.15) is 41.7 Å². The molecule has 0 bridgehead atoms. The van der Waals surface area contributed by atoms with Crippen molar-refractivity contribution in [1.29, 1.82) is 0 Å². The number of hydrogen-bond donors (Lipinski definition) is 3. The van der Waals surface area contributed by atoms with E-state index in [4.69, 9.17) is 5.11 Å². The summed E-state index contributed by atoms with van der Waals surface area (Å²) in [5.41, 5.74) is 0.956. The smallest absolute Gasteiger partial charge is 0.339 e. The number of carboxylic acids is 1. The fraction of sp³-hybridized carbons (Fsp3) is 0.692. The van der Waals surface area contributed by atoms with Crippen molar-refractivity contribution in [3.05, 3.63) is 17.5 Å². The highest BCUT2D eigenvalue weighted by atomic mass is 16.4. The van der Waals surface area contributed by atoms with Gasteiger partial charge in [0.2, 0.25) is 0 Å². The van der Waals surface area contributed by atoms with Crippen molar-refractivity contribution < 1.29 is 15.0 Å². The molecule has 19 heavy (non-hydrogen) atoms. The van der Waals surface area contributed by atoms with Crippen LogP contribution in [-0.4, -0.2) is 38.6 Å². The van der Waals surface area contributed by atoms with Crippen LogP contribution < -0.4 is 5.32 Å². The Morgan fingerprint density at radius 2 is 2.16 bits per heavy atom. The van der Waals surface area contributed by atoms with Crippen LogP contribution in [0.25, 0.3) is 0 Å². The number of nitrogens with zero attached hydrogens (tertiary/aromatic N) is 2. The van der Waals surface area contributed by atoms with E-state index in [-0.39, 0.29) is 11.7 Å². The molecule has 0 aliphatic heterocycles. The summed E-state index contributed by atoms with van der Waals surface area (Å²) in [4.78, 5) is 11.0. The SMILES string of the molecule is Cn1ncc(C(=O)O)c1CNCC1CCC(O)CC1. The highest BCUT2D eigenvalue weighted by molar-refractivity contribution is 5.88. The number of aromatic carboxylic acids is 1. The number of nitrogens with one attached hydrogen (secondary N) is 1. The molecule has 1 aliphatic carbocycles. The number of hydrogen-bond acceptors (Lipinski definition) is 4. The number of aryl methyl sites for hydroxylation is 1. The zero-order valence-electron chi connectivity index (χ0n) is 11.2. The standard InChI is InChI=1S/C13H21N3O3/c1-16-12(11(7-15-16)13(18)19)8-14-6-9-2-4-10(17)5-3-9/h7,9-10,14,17H,2-6,8H2,1H3,(H,18,19). The third-order valence-corrected chi connectivity index (χ3v) is 3.83. The quantitative estimate of drug-likeness (QED) is 0.733. The monoisotopic (exact) mass is 267 g/mol. The Morgan fingerprint density at radius 1 is 1.47 bits per heavy atom. The van der Waals surface area contributed by atoms with Crippen molar-refractivity contribution >= 4 is 5.97 Å². The summed E-state index contributed by atoms with van der Waals surface area (Å²) in [6.45, 7) is 1.37. The first-order valence-corrected chi connectivity index (χ1v) is 6.71. The fourth-order valence-electron chi connectivity index (χ4n) is 2.59. The molecule has 0 radical (unpaired) electrons. The van der Waals surface area contributed by atoms with E-state index >= 15 is 0 Å². The predicted octanol–water partition coefficient (Wildman–Crippen LogP) is 0.759. The van der Waals surface area contributed by atoms with Crippen LogP contribution in [0.15, 0.2) is 6.20 Å². The van der Waals surface area contributed by atoms with Gasteiger partial charge >= 0.3 is 5.97 Å². The Balaban J connectivity index is 1.82. The van der Waals surface area contributed by atoms with Crippen LogP contribution in [0.3, 0.4) is 0 Å². The lowest BCUT2D eigenvalue weighted by Crippen LogP contribution is -2.28. The van der Waals surface area contributed by atoms with Crippen LogP contribution in [0.5, 0.6) is 0 Å². The molecule has 6 nitrogen and oxygen atoms in total. The Morgan fingerprint density at radius 3 is 2.79 bits per heavy atom. The highest BCUT2D eigenvalue weighted by Crippen LogP contribution is 2.23. The molecule has 0 saturated heterocycles. The number of carboxylic acid groups (broad SMARTS) is 1. The molecule has 106 valence electrons. The summed E-state index contributed by atoms with van der Waals surface area (Å²) >= 11 is 0. The minimum atomic E-state index is -0.939. The molecule has 0 spiro atoms. The number of carbonyl (C=O) groups is 1. The Labute approximate surface area is 112 Å². The molecule has 1 aromatic rings. The molecule has 1 aliphatic rings. The average molecular weight is 267 g/mol. The van der Waals surface area contributed by atoms with Crippen molar-refractivity contribution in [1.82, 2.24) is 15.1 Å². The summed E-state index contributed by atoms with van der Waals surface area (Å²) in [5.74, 6) is -0.365. The highest BCUT2D eigenvalue weighted by Gasteiger charge is 2.20. The first-order chi connectivity index (χ1) is 9.08. The van der Waals surface area contributed by atoms with Crippen molar-refractivity contribution in [2.75, 3.05) is 6.54 Å². The zero-order chi connectivity index (χ0) is 13.8. The molecule has 2 rings (SSSR count). The maximum atomic E-state index is 11.0. The lowest BCUT2D eigenvalue weighted by atomic mass is 9.87. The van der Waals surface area contributed by atoms with Gasteiger partial charge in [0.1, 0.15) is 5.56 Å². The predicted molar refractivity (Wildman–Crippen MR) is 69.8 cm³/mol. The molecule has 1 fully saturated rings. The second-order valence-corrected chi connectivity index (χ2v) is 5.24. The summed E-state index contributed by atoms with van der Waals surface area (Å²) in [6.07, 6.45) is 5.07. The van der Waals surface area contributed by atoms with Gasteiger partial charge in [-0.15, -0.1) is 0 Å². The first kappa shape index (κ1) is 14.0. The number of aliphatic hydroxyl groups is 1. The molecule has 0 atom stereocenters. The number of aromatic nitrogens is 2. The van der Waals surface area contributed by atoms with Gasteiger partial charge in [-0.05, 0) is 38.1 Å². The molecule has 3 N–H and O–H groups in total. The van der Waals surface area contributed by atoms with E-state index in [0.717, 1.165) is 32.2 Å².